The number of benzene rings is 1. The molecule has 0 bridgehead atoms. The first-order chi connectivity index (χ1) is 9.73. The van der Waals surface area contributed by atoms with Crippen molar-refractivity contribution in [2.45, 2.75) is 12.6 Å². The number of anilines is 1. The molecule has 1 fully saturated rings. The van der Waals surface area contributed by atoms with Gasteiger partial charge >= 0.3 is 6.18 Å². The molecule has 0 aliphatic carbocycles. The van der Waals surface area contributed by atoms with Gasteiger partial charge in [0.2, 0.25) is 0 Å². The molecule has 1 saturated heterocycles. The minimum absolute atomic E-state index is 0.0437. The van der Waals surface area contributed by atoms with Gasteiger partial charge in [0.05, 0.1) is 17.1 Å². The molecule has 2 rings (SSSR count). The van der Waals surface area contributed by atoms with Crippen molar-refractivity contribution in [3.8, 4) is 0 Å². The largest absolute Gasteiger partial charge is 0.417 e. The van der Waals surface area contributed by atoms with E-state index in [-0.39, 0.29) is 30.0 Å². The zero-order valence-electron chi connectivity index (χ0n) is 11.1. The monoisotopic (exact) mass is 321 g/mol. The van der Waals surface area contributed by atoms with Crippen LogP contribution in [-0.2, 0) is 16.0 Å². The Morgan fingerprint density at radius 1 is 1.14 bits per heavy atom. The van der Waals surface area contributed by atoms with Gasteiger partial charge in [0.1, 0.15) is 0 Å². The predicted molar refractivity (Wildman–Crippen MR) is 72.3 cm³/mol. The minimum Gasteiger partial charge on any atom is -0.370 e. The van der Waals surface area contributed by atoms with Gasteiger partial charge in [0.25, 0.3) is 0 Å². The molecular formula is C13H14F3NO3S. The maximum Gasteiger partial charge on any atom is 0.417 e. The van der Waals surface area contributed by atoms with Crippen LogP contribution in [0.1, 0.15) is 22.3 Å². The lowest BCUT2D eigenvalue weighted by Gasteiger charge is -2.23. The Labute approximate surface area is 120 Å². The summed E-state index contributed by atoms with van der Waals surface area (Å²) >= 11 is 0. The van der Waals surface area contributed by atoms with Gasteiger partial charge in [-0.1, -0.05) is 0 Å². The molecule has 1 heterocycles. The number of carbonyl (C=O) groups excluding carboxylic acids is 1. The van der Waals surface area contributed by atoms with Crippen molar-refractivity contribution in [3.05, 3.63) is 29.3 Å². The number of aldehydes is 1. The number of halogens is 3. The summed E-state index contributed by atoms with van der Waals surface area (Å²) in [6.45, 7) is 0.525. The second-order valence-electron chi connectivity index (χ2n) is 4.88. The van der Waals surface area contributed by atoms with E-state index in [9.17, 15) is 26.4 Å². The molecule has 0 aromatic heterocycles. The first-order valence-corrected chi connectivity index (χ1v) is 8.17. The highest BCUT2D eigenvalue weighted by atomic mass is 32.2. The zero-order chi connectivity index (χ0) is 15.7. The first-order valence-electron chi connectivity index (χ1n) is 6.35. The van der Waals surface area contributed by atoms with Crippen LogP contribution < -0.4 is 4.90 Å². The summed E-state index contributed by atoms with van der Waals surface area (Å²) in [6, 6.07) is 3.43. The van der Waals surface area contributed by atoms with Crippen LogP contribution >= 0.6 is 0 Å². The summed E-state index contributed by atoms with van der Waals surface area (Å²) in [5, 5.41) is 0. The highest BCUT2D eigenvalue weighted by molar-refractivity contribution is 7.91. The average molecular weight is 321 g/mol. The van der Waals surface area contributed by atoms with E-state index in [0.717, 1.165) is 12.1 Å². The Morgan fingerprint density at radius 3 is 2.48 bits per heavy atom. The van der Waals surface area contributed by atoms with Gasteiger partial charge in [-0.25, -0.2) is 8.42 Å². The van der Waals surface area contributed by atoms with E-state index in [4.69, 9.17) is 0 Å². The highest BCUT2D eigenvalue weighted by Crippen LogP contribution is 2.34. The van der Waals surface area contributed by atoms with Gasteiger partial charge < -0.3 is 4.90 Å². The van der Waals surface area contributed by atoms with Crippen molar-refractivity contribution in [2.24, 2.45) is 0 Å². The van der Waals surface area contributed by atoms with Crippen LogP contribution in [0.5, 0.6) is 0 Å². The maximum atomic E-state index is 12.9. The van der Waals surface area contributed by atoms with Crippen LogP contribution in [0.25, 0.3) is 0 Å². The number of hydrogen-bond donors (Lipinski definition) is 0. The molecule has 1 aromatic rings. The van der Waals surface area contributed by atoms with Crippen molar-refractivity contribution in [1.82, 2.24) is 0 Å². The van der Waals surface area contributed by atoms with Crippen molar-refractivity contribution in [1.29, 1.82) is 0 Å². The molecule has 1 aliphatic rings. The molecule has 116 valence electrons. The van der Waals surface area contributed by atoms with Crippen LogP contribution in [0, 0.1) is 0 Å². The molecule has 0 saturated carbocycles. The van der Waals surface area contributed by atoms with Gasteiger partial charge in [-0.05, 0) is 24.6 Å². The van der Waals surface area contributed by atoms with Crippen LogP contribution in [-0.4, -0.2) is 39.3 Å². The molecule has 1 aliphatic heterocycles. The average Bonchev–Trinajstić information content (AvgIpc) is 2.58. The highest BCUT2D eigenvalue weighted by Gasteiger charge is 2.34. The van der Waals surface area contributed by atoms with E-state index in [1.807, 2.05) is 0 Å². The number of nitrogens with zero attached hydrogens (tertiary/aromatic N) is 1. The standard InChI is InChI=1S/C13H14F3NO3S/c14-13(15,16)12-8-11(3-2-10(12)9-18)17-4-1-6-21(19,20)7-5-17/h2-3,8-9H,1,4-7H2. The van der Waals surface area contributed by atoms with E-state index in [1.54, 1.807) is 4.90 Å². The third kappa shape index (κ3) is 3.75. The predicted octanol–water partition coefficient (Wildman–Crippen LogP) is 2.14. The van der Waals surface area contributed by atoms with E-state index < -0.39 is 27.1 Å². The quantitative estimate of drug-likeness (QED) is 0.783. The van der Waals surface area contributed by atoms with Gasteiger partial charge in [0, 0.05) is 24.3 Å². The molecule has 0 unspecified atom stereocenters. The number of carbonyl (C=O) groups is 1. The SMILES string of the molecule is O=Cc1ccc(N2CCCS(=O)(=O)CC2)cc1C(F)(F)F. The third-order valence-corrected chi connectivity index (χ3v) is 5.11. The fourth-order valence-electron chi connectivity index (χ4n) is 2.29. The number of rotatable bonds is 2. The smallest absolute Gasteiger partial charge is 0.370 e. The number of alkyl halides is 3. The molecule has 8 heteroatoms. The molecule has 0 N–H and O–H groups in total. The maximum absolute atomic E-state index is 12.9. The van der Waals surface area contributed by atoms with Crippen LogP contribution in [0.4, 0.5) is 18.9 Å². The summed E-state index contributed by atoms with van der Waals surface area (Å²) < 4.78 is 61.8. The summed E-state index contributed by atoms with van der Waals surface area (Å²) in [5.74, 6) is -0.0359. The van der Waals surface area contributed by atoms with E-state index >= 15 is 0 Å². The molecule has 0 atom stereocenters. The van der Waals surface area contributed by atoms with Crippen molar-refractivity contribution < 1.29 is 26.4 Å². The lowest BCUT2D eigenvalue weighted by molar-refractivity contribution is -0.137. The van der Waals surface area contributed by atoms with Gasteiger partial charge in [-0.2, -0.15) is 13.2 Å². The molecule has 1 aromatic carbocycles. The van der Waals surface area contributed by atoms with E-state index in [1.165, 1.54) is 6.07 Å². The third-order valence-electron chi connectivity index (χ3n) is 3.39. The molecule has 0 amide bonds. The molecule has 0 radical (unpaired) electrons. The van der Waals surface area contributed by atoms with Gasteiger partial charge in [-0.15, -0.1) is 0 Å². The number of sulfone groups is 1. The fraction of sp³-hybridized carbons (Fsp3) is 0.462. The normalized spacial score (nSPS) is 19.1. The van der Waals surface area contributed by atoms with Crippen molar-refractivity contribution >= 4 is 21.8 Å². The topological polar surface area (TPSA) is 54.5 Å². The lowest BCUT2D eigenvalue weighted by atomic mass is 10.1. The second-order valence-corrected chi connectivity index (χ2v) is 7.18. The van der Waals surface area contributed by atoms with Gasteiger partial charge in [-0.3, -0.25) is 4.79 Å². The van der Waals surface area contributed by atoms with Gasteiger partial charge in [0.15, 0.2) is 16.1 Å². The Balaban J connectivity index is 2.34. The Morgan fingerprint density at radius 2 is 1.86 bits per heavy atom. The van der Waals surface area contributed by atoms with Crippen molar-refractivity contribution in [3.63, 3.8) is 0 Å². The molecule has 0 spiro atoms. The van der Waals surface area contributed by atoms with Crippen molar-refractivity contribution in [2.75, 3.05) is 29.5 Å². The Bertz CT molecular complexity index is 641. The van der Waals surface area contributed by atoms with E-state index in [2.05, 4.69) is 0 Å². The summed E-state index contributed by atoms with van der Waals surface area (Å²) in [6.07, 6.45) is -4.08. The molecule has 4 nitrogen and oxygen atoms in total. The summed E-state index contributed by atoms with van der Waals surface area (Å²) in [4.78, 5) is 12.3. The van der Waals surface area contributed by atoms with E-state index in [0.29, 0.717) is 13.0 Å². The first kappa shape index (κ1) is 15.8. The van der Waals surface area contributed by atoms with Crippen LogP contribution in [0.3, 0.4) is 0 Å². The van der Waals surface area contributed by atoms with Crippen LogP contribution in [0.15, 0.2) is 18.2 Å². The Hall–Kier alpha value is -1.57. The molecule has 21 heavy (non-hydrogen) atoms. The number of hydrogen-bond acceptors (Lipinski definition) is 4. The Kier molecular flexibility index (Phi) is 4.27. The summed E-state index contributed by atoms with van der Waals surface area (Å²) in [5.41, 5.74) is -1.14. The second kappa shape index (κ2) is 5.67. The minimum atomic E-state index is -4.62. The molecular weight excluding hydrogens is 307 g/mol. The lowest BCUT2D eigenvalue weighted by Crippen LogP contribution is -2.27. The fourth-order valence-corrected chi connectivity index (χ4v) is 3.56. The zero-order valence-corrected chi connectivity index (χ0v) is 11.9. The summed E-state index contributed by atoms with van der Waals surface area (Å²) in [7, 11) is -3.13. The van der Waals surface area contributed by atoms with Crippen LogP contribution in [0.2, 0.25) is 0 Å².